The quantitative estimate of drug-likeness (QED) is 0.276. The van der Waals surface area contributed by atoms with Gasteiger partial charge in [-0.25, -0.2) is 0 Å². The molecule has 0 spiro atoms. The molecular formula is C2H5NaO5S2. The first-order valence-electron chi connectivity index (χ1n) is 1.48. The van der Waals surface area contributed by atoms with Crippen LogP contribution in [0.4, 0.5) is 0 Å². The number of rotatable bonds is 0. The van der Waals surface area contributed by atoms with Gasteiger partial charge in [-0.2, -0.15) is 4.21 Å². The van der Waals surface area contributed by atoms with Gasteiger partial charge in [0.25, 0.3) is 9.05 Å². The number of hydrogen-bond acceptors (Lipinski definition) is 3. The number of carboxylic acids is 1. The van der Waals surface area contributed by atoms with E-state index in [4.69, 9.17) is 23.2 Å². The first-order valence-corrected chi connectivity index (χ1v) is 3.88. The molecule has 8 heteroatoms. The first-order chi connectivity index (χ1) is 3.73. The minimum absolute atomic E-state index is 0. The average molecular weight is 196 g/mol. The third kappa shape index (κ3) is 1270. The van der Waals surface area contributed by atoms with Gasteiger partial charge in [-0.1, -0.05) is 0 Å². The van der Waals surface area contributed by atoms with Gasteiger partial charge in [0.05, 0.1) is 0 Å². The van der Waals surface area contributed by atoms with Crippen molar-refractivity contribution in [3.8, 4) is 0 Å². The molecule has 0 aliphatic heterocycles. The van der Waals surface area contributed by atoms with Crippen molar-refractivity contribution in [2.75, 3.05) is 0 Å². The summed E-state index contributed by atoms with van der Waals surface area (Å²) in [5, 5.41) is 7.31. The topological polar surface area (TPSA) is 94.8 Å². The maximum atomic E-state index is 9.11. The normalized spacial score (nSPS) is 8.20. The van der Waals surface area contributed by atoms with Crippen LogP contribution in [0.2, 0.25) is 0 Å². The second kappa shape index (κ2) is 7.73. The van der Waals surface area contributed by atoms with E-state index in [0.29, 0.717) is 0 Å². The van der Waals surface area contributed by atoms with Gasteiger partial charge in [0.1, 0.15) is 0 Å². The predicted molar refractivity (Wildman–Crippen MR) is 33.8 cm³/mol. The van der Waals surface area contributed by atoms with Crippen LogP contribution < -0.4 is 29.6 Å². The second-order valence-electron chi connectivity index (χ2n) is 0.842. The molecule has 0 aromatic rings. The van der Waals surface area contributed by atoms with E-state index in [1.54, 1.807) is 0 Å². The van der Waals surface area contributed by atoms with Crippen LogP contribution in [0.1, 0.15) is 0 Å². The van der Waals surface area contributed by atoms with Crippen LogP contribution in [0.25, 0.3) is 0 Å². The molecule has 0 heterocycles. The summed E-state index contributed by atoms with van der Waals surface area (Å²) in [6.07, 6.45) is 0. The van der Waals surface area contributed by atoms with Gasteiger partial charge < -0.3 is 5.11 Å². The van der Waals surface area contributed by atoms with Crippen molar-refractivity contribution in [3.63, 3.8) is 0 Å². The minimum Gasteiger partial charge on any atom is -0.503 e. The largest absolute Gasteiger partial charge is 1.00 e. The van der Waals surface area contributed by atoms with Crippen LogP contribution in [0.15, 0.2) is 0 Å². The Hall–Kier alpha value is 0.630. The zero-order chi connectivity index (χ0) is 8.08. The van der Waals surface area contributed by atoms with Gasteiger partial charge in [-0.3, -0.25) is 20.8 Å². The summed E-state index contributed by atoms with van der Waals surface area (Å²) < 4.78 is 24.0. The van der Waals surface area contributed by atoms with Crippen molar-refractivity contribution in [2.24, 2.45) is 0 Å². The Kier molecular flexibility index (Phi) is 13.1. The fraction of sp³-hybridized carbons (Fsp3) is 0. The fourth-order valence-electron chi connectivity index (χ4n) is 0. The Labute approximate surface area is 85.4 Å². The molecule has 0 aromatic heterocycles. The van der Waals surface area contributed by atoms with E-state index in [1.165, 1.54) is 0 Å². The molecule has 56 valence electrons. The summed E-state index contributed by atoms with van der Waals surface area (Å²) in [7, 11) is -3.83. The summed E-state index contributed by atoms with van der Waals surface area (Å²) in [6, 6.07) is 0. The fourth-order valence-corrected chi connectivity index (χ4v) is 0. The summed E-state index contributed by atoms with van der Waals surface area (Å²) in [5.41, 5.74) is 0. The standard InChI is InChI=1S/C2H3O2.Na.H2O3S2/c1-2(3)4;;1-5(2,3)4/h1H2,(H,3,4);;(H2,1,2,3,4)/q-1;+1;. The van der Waals surface area contributed by atoms with Gasteiger partial charge in [-0.05, 0) is 0 Å². The molecule has 0 amide bonds. The van der Waals surface area contributed by atoms with E-state index >= 15 is 0 Å². The van der Waals surface area contributed by atoms with E-state index in [0.717, 1.165) is 0 Å². The van der Waals surface area contributed by atoms with Gasteiger partial charge in [0, 0.05) is 11.2 Å². The van der Waals surface area contributed by atoms with Crippen LogP contribution in [-0.2, 0) is 25.0 Å². The summed E-state index contributed by atoms with van der Waals surface area (Å²) in [5.74, 6) is -1.08. The van der Waals surface area contributed by atoms with Crippen molar-refractivity contribution in [2.45, 2.75) is 0 Å². The number of hydrogen-bond donors (Lipinski definition) is 3. The van der Waals surface area contributed by atoms with Crippen LogP contribution in [0, 0.1) is 6.92 Å². The molecule has 0 saturated carbocycles. The predicted octanol–water partition coefficient (Wildman–Crippen LogP) is -3.41. The molecule has 0 aromatic carbocycles. The molecule has 0 unspecified atom stereocenters. The van der Waals surface area contributed by atoms with E-state index in [-0.39, 0.29) is 29.6 Å². The van der Waals surface area contributed by atoms with E-state index in [1.807, 2.05) is 0 Å². The molecule has 0 aliphatic carbocycles. The number of carboxylic acid groups (broad SMARTS) is 1. The van der Waals surface area contributed by atoms with E-state index in [9.17, 15) is 0 Å². The molecule has 10 heavy (non-hydrogen) atoms. The Balaban J connectivity index is -0.0000000910. The SMILES string of the molecule is O=S(O)(O)=S.[CH2-]C(=O)O.[Na+]. The van der Waals surface area contributed by atoms with Crippen molar-refractivity contribution in [1.29, 1.82) is 0 Å². The average Bonchev–Trinajstić information content (AvgIpc) is 1.19. The van der Waals surface area contributed by atoms with Crippen LogP contribution in [0.3, 0.4) is 0 Å². The zero-order valence-electron chi connectivity index (χ0n) is 5.18. The van der Waals surface area contributed by atoms with Crippen LogP contribution in [0.5, 0.6) is 0 Å². The van der Waals surface area contributed by atoms with E-state index < -0.39 is 15.0 Å². The maximum Gasteiger partial charge on any atom is 1.00 e. The monoisotopic (exact) mass is 196 g/mol. The molecule has 0 aliphatic rings. The molecule has 3 N–H and O–H groups in total. The van der Waals surface area contributed by atoms with Gasteiger partial charge in [-0.15, -0.1) is 0 Å². The molecule has 0 fully saturated rings. The third-order valence-electron chi connectivity index (χ3n) is 0. The molecule has 0 saturated heterocycles. The maximum absolute atomic E-state index is 9.11. The van der Waals surface area contributed by atoms with Gasteiger partial charge >= 0.3 is 29.6 Å². The van der Waals surface area contributed by atoms with Gasteiger partial charge in [0.2, 0.25) is 0 Å². The molecule has 0 rings (SSSR count). The Morgan fingerprint density at radius 1 is 1.50 bits per heavy atom. The van der Waals surface area contributed by atoms with Crippen molar-refractivity contribution < 1.29 is 52.8 Å². The molecular weight excluding hydrogens is 191 g/mol. The second-order valence-corrected chi connectivity index (χ2v) is 3.04. The molecule has 0 radical (unpaired) electrons. The number of carbonyl (C=O) groups is 1. The van der Waals surface area contributed by atoms with Crippen molar-refractivity contribution in [3.05, 3.63) is 6.92 Å². The summed E-state index contributed by atoms with van der Waals surface area (Å²) >= 11 is 3.47. The molecule has 0 atom stereocenters. The first kappa shape index (κ1) is 16.9. The Bertz CT molecular complexity index is 160. The minimum atomic E-state index is -3.83. The van der Waals surface area contributed by atoms with Crippen molar-refractivity contribution in [1.82, 2.24) is 0 Å². The summed E-state index contributed by atoms with van der Waals surface area (Å²) in [6.45, 7) is 2.56. The third-order valence-corrected chi connectivity index (χ3v) is 0. The van der Waals surface area contributed by atoms with Crippen molar-refractivity contribution >= 4 is 26.2 Å². The smallest absolute Gasteiger partial charge is 0.503 e. The number of aliphatic carboxylic acids is 1. The molecule has 0 bridgehead atoms. The van der Waals surface area contributed by atoms with Crippen LogP contribution >= 0.6 is 0 Å². The Morgan fingerprint density at radius 3 is 1.50 bits per heavy atom. The Morgan fingerprint density at radius 2 is 1.50 bits per heavy atom. The van der Waals surface area contributed by atoms with Crippen LogP contribution in [-0.4, -0.2) is 24.4 Å². The molecule has 5 nitrogen and oxygen atoms in total. The summed E-state index contributed by atoms with van der Waals surface area (Å²) in [4.78, 5) is 8.89. The van der Waals surface area contributed by atoms with Gasteiger partial charge in [0.15, 0.2) is 5.97 Å². The zero-order valence-corrected chi connectivity index (χ0v) is 8.81. The van der Waals surface area contributed by atoms with E-state index in [2.05, 4.69) is 18.1 Å².